The molecule has 6 nitrogen and oxygen atoms in total. The lowest BCUT2D eigenvalue weighted by Crippen LogP contribution is -2.31. The Morgan fingerprint density at radius 1 is 1.11 bits per heavy atom. The van der Waals surface area contributed by atoms with Gasteiger partial charge >= 0.3 is 0 Å². The third-order valence-electron chi connectivity index (χ3n) is 4.40. The number of benzene rings is 2. The molecule has 142 valence electrons. The molecular formula is C19H14Cl3N5O. The number of nitrogens with zero attached hydrogens (tertiary/aromatic N) is 3. The third kappa shape index (κ3) is 3.46. The Balaban J connectivity index is 1.78. The Morgan fingerprint density at radius 2 is 1.82 bits per heavy atom. The first kappa shape index (κ1) is 18.8. The summed E-state index contributed by atoms with van der Waals surface area (Å²) < 4.78 is 1.62. The minimum atomic E-state index is -0.559. The molecular weight excluding hydrogens is 421 g/mol. The van der Waals surface area contributed by atoms with E-state index >= 15 is 0 Å². The maximum absolute atomic E-state index is 13.2. The predicted octanol–water partition coefficient (Wildman–Crippen LogP) is 5.17. The van der Waals surface area contributed by atoms with Crippen molar-refractivity contribution in [2.75, 3.05) is 10.6 Å². The van der Waals surface area contributed by atoms with Crippen LogP contribution in [-0.4, -0.2) is 20.7 Å². The zero-order valence-corrected chi connectivity index (χ0v) is 16.8. The number of halogens is 3. The molecule has 1 amide bonds. The second-order valence-corrected chi connectivity index (χ2v) is 7.50. The summed E-state index contributed by atoms with van der Waals surface area (Å²) in [5, 5.41) is 11.8. The van der Waals surface area contributed by atoms with Crippen LogP contribution in [0.4, 0.5) is 11.6 Å². The van der Waals surface area contributed by atoms with Gasteiger partial charge in [-0.15, -0.1) is 0 Å². The van der Waals surface area contributed by atoms with Gasteiger partial charge in [-0.3, -0.25) is 4.79 Å². The quantitative estimate of drug-likeness (QED) is 0.597. The molecule has 2 aromatic carbocycles. The number of rotatable bonds is 3. The van der Waals surface area contributed by atoms with E-state index in [-0.39, 0.29) is 5.91 Å². The minimum absolute atomic E-state index is 0.288. The highest BCUT2D eigenvalue weighted by Gasteiger charge is 2.34. The monoisotopic (exact) mass is 433 g/mol. The van der Waals surface area contributed by atoms with Crippen molar-refractivity contribution in [2.24, 2.45) is 0 Å². The van der Waals surface area contributed by atoms with Crippen LogP contribution in [0, 0.1) is 0 Å². The number of anilines is 2. The highest BCUT2D eigenvalue weighted by Crippen LogP contribution is 2.38. The van der Waals surface area contributed by atoms with E-state index in [2.05, 4.69) is 20.7 Å². The van der Waals surface area contributed by atoms with E-state index in [0.29, 0.717) is 43.5 Å². The van der Waals surface area contributed by atoms with Gasteiger partial charge in [-0.25, -0.2) is 4.68 Å². The Morgan fingerprint density at radius 3 is 2.54 bits per heavy atom. The minimum Gasteiger partial charge on any atom is -0.328 e. The van der Waals surface area contributed by atoms with Gasteiger partial charge < -0.3 is 10.6 Å². The number of carbonyl (C=O) groups excluding carboxylic acids is 1. The van der Waals surface area contributed by atoms with E-state index in [0.717, 1.165) is 0 Å². The highest BCUT2D eigenvalue weighted by molar-refractivity contribution is 6.35. The van der Waals surface area contributed by atoms with Crippen molar-refractivity contribution in [3.8, 4) is 0 Å². The summed E-state index contributed by atoms with van der Waals surface area (Å²) in [6.45, 7) is 1.81. The molecule has 2 N–H and O–H groups in total. The summed E-state index contributed by atoms with van der Waals surface area (Å²) in [5.41, 5.74) is 2.44. The van der Waals surface area contributed by atoms with Crippen LogP contribution in [0.1, 0.15) is 18.5 Å². The lowest BCUT2D eigenvalue weighted by molar-refractivity contribution is -0.113. The zero-order valence-electron chi connectivity index (χ0n) is 14.6. The smallest absolute Gasteiger partial charge is 0.255 e. The number of fused-ring (bicyclic) bond motifs is 1. The van der Waals surface area contributed by atoms with E-state index in [4.69, 9.17) is 34.8 Å². The van der Waals surface area contributed by atoms with E-state index in [1.807, 2.05) is 6.92 Å². The molecule has 0 radical (unpaired) electrons. The standard InChI is InChI=1S/C19H14Cl3N5O/c1-10-16(18(28)26-13-5-2-11(20)3-6-13)17(27-19(25-10)23-9-24-27)14-7-4-12(21)8-15(14)22/h2-9,17H,1H3,(H,26,28)(H,23,24,25). The van der Waals surface area contributed by atoms with Crippen molar-refractivity contribution < 1.29 is 4.79 Å². The van der Waals surface area contributed by atoms with Gasteiger partial charge in [0.15, 0.2) is 0 Å². The topological polar surface area (TPSA) is 71.8 Å². The lowest BCUT2D eigenvalue weighted by Gasteiger charge is -2.29. The summed E-state index contributed by atoms with van der Waals surface area (Å²) in [7, 11) is 0. The van der Waals surface area contributed by atoms with E-state index in [1.54, 1.807) is 47.1 Å². The molecule has 1 aromatic heterocycles. The molecule has 0 fully saturated rings. The van der Waals surface area contributed by atoms with Gasteiger partial charge in [-0.05, 0) is 43.3 Å². The van der Waals surface area contributed by atoms with Gasteiger partial charge in [-0.1, -0.05) is 40.9 Å². The summed E-state index contributed by atoms with van der Waals surface area (Å²) in [5.74, 6) is 0.237. The SMILES string of the molecule is CC1=C(C(=O)Nc2ccc(Cl)cc2)C(c2ccc(Cl)cc2Cl)n2ncnc2N1. The van der Waals surface area contributed by atoms with E-state index < -0.39 is 6.04 Å². The van der Waals surface area contributed by atoms with Crippen molar-refractivity contribution in [3.63, 3.8) is 0 Å². The van der Waals surface area contributed by atoms with Crippen molar-refractivity contribution in [1.29, 1.82) is 0 Å². The molecule has 0 spiro atoms. The molecule has 0 saturated heterocycles. The van der Waals surface area contributed by atoms with Crippen LogP contribution in [-0.2, 0) is 4.79 Å². The average molecular weight is 435 g/mol. The molecule has 1 aliphatic rings. The van der Waals surface area contributed by atoms with E-state index in [1.165, 1.54) is 6.33 Å². The molecule has 1 aliphatic heterocycles. The molecule has 0 bridgehead atoms. The van der Waals surface area contributed by atoms with Gasteiger partial charge in [0, 0.05) is 32.0 Å². The third-order valence-corrected chi connectivity index (χ3v) is 5.21. The van der Waals surface area contributed by atoms with Crippen LogP contribution >= 0.6 is 34.8 Å². The number of amides is 1. The molecule has 3 aromatic rings. The van der Waals surface area contributed by atoms with Gasteiger partial charge in [0.05, 0.1) is 5.57 Å². The molecule has 4 rings (SSSR count). The maximum Gasteiger partial charge on any atom is 0.255 e. The fourth-order valence-electron chi connectivity index (χ4n) is 3.13. The Hall–Kier alpha value is -2.54. The van der Waals surface area contributed by atoms with Crippen molar-refractivity contribution in [3.05, 3.63) is 80.7 Å². The summed E-state index contributed by atoms with van der Waals surface area (Å²) >= 11 is 18.4. The van der Waals surface area contributed by atoms with Crippen molar-refractivity contribution in [1.82, 2.24) is 14.8 Å². The first-order valence-electron chi connectivity index (χ1n) is 8.33. The van der Waals surface area contributed by atoms with Crippen molar-refractivity contribution >= 4 is 52.3 Å². The van der Waals surface area contributed by atoms with Crippen LogP contribution in [0.5, 0.6) is 0 Å². The molecule has 0 aliphatic carbocycles. The number of hydrogen-bond acceptors (Lipinski definition) is 4. The molecule has 0 saturated carbocycles. The molecule has 1 unspecified atom stereocenters. The van der Waals surface area contributed by atoms with Crippen LogP contribution in [0.3, 0.4) is 0 Å². The van der Waals surface area contributed by atoms with Gasteiger partial charge in [0.2, 0.25) is 5.95 Å². The summed E-state index contributed by atoms with van der Waals surface area (Å²) in [4.78, 5) is 17.4. The molecule has 1 atom stereocenters. The summed E-state index contributed by atoms with van der Waals surface area (Å²) in [6.07, 6.45) is 1.42. The molecule has 28 heavy (non-hydrogen) atoms. The van der Waals surface area contributed by atoms with Crippen LogP contribution in [0.15, 0.2) is 60.1 Å². The van der Waals surface area contributed by atoms with E-state index in [9.17, 15) is 4.79 Å². The second-order valence-electron chi connectivity index (χ2n) is 6.22. The number of hydrogen-bond donors (Lipinski definition) is 2. The number of nitrogens with one attached hydrogen (secondary N) is 2. The number of allylic oxidation sites excluding steroid dienone is 1. The fourth-order valence-corrected chi connectivity index (χ4v) is 3.77. The Labute approximate surface area is 176 Å². The molecule has 9 heteroatoms. The zero-order chi connectivity index (χ0) is 19.8. The second kappa shape index (κ2) is 7.47. The number of carbonyl (C=O) groups is 1. The van der Waals surface area contributed by atoms with Gasteiger partial charge in [0.25, 0.3) is 5.91 Å². The fraction of sp³-hybridized carbons (Fsp3) is 0.105. The highest BCUT2D eigenvalue weighted by atomic mass is 35.5. The van der Waals surface area contributed by atoms with Gasteiger partial charge in [-0.2, -0.15) is 10.1 Å². The average Bonchev–Trinajstić information content (AvgIpc) is 3.11. The lowest BCUT2D eigenvalue weighted by atomic mass is 9.95. The Kier molecular flexibility index (Phi) is 5.02. The van der Waals surface area contributed by atoms with Gasteiger partial charge in [0.1, 0.15) is 12.4 Å². The number of aromatic nitrogens is 3. The van der Waals surface area contributed by atoms with Crippen molar-refractivity contribution in [2.45, 2.75) is 13.0 Å². The normalized spacial score (nSPS) is 15.8. The van der Waals surface area contributed by atoms with Crippen LogP contribution in [0.25, 0.3) is 0 Å². The predicted molar refractivity (Wildman–Crippen MR) is 111 cm³/mol. The Bertz CT molecular complexity index is 1090. The van der Waals surface area contributed by atoms with Crippen LogP contribution in [0.2, 0.25) is 15.1 Å². The molecule has 2 heterocycles. The summed E-state index contributed by atoms with van der Waals surface area (Å²) in [6, 6.07) is 11.5. The first-order chi connectivity index (χ1) is 13.4. The largest absolute Gasteiger partial charge is 0.328 e. The first-order valence-corrected chi connectivity index (χ1v) is 9.46. The maximum atomic E-state index is 13.2. The van der Waals surface area contributed by atoms with Crippen LogP contribution < -0.4 is 10.6 Å².